The predicted octanol–water partition coefficient (Wildman–Crippen LogP) is 1.19. The summed E-state index contributed by atoms with van der Waals surface area (Å²) in [5.74, 6) is 0.795. The highest BCUT2D eigenvalue weighted by atomic mass is 15.1. The molecule has 0 aromatic heterocycles. The number of hydrogen-bond donors (Lipinski definition) is 1. The molecule has 0 bridgehead atoms. The molecule has 2 N–H and O–H groups in total. The molecule has 0 aliphatic carbocycles. The van der Waals surface area contributed by atoms with Crippen molar-refractivity contribution in [2.45, 2.75) is 19.3 Å². The van der Waals surface area contributed by atoms with Crippen LogP contribution in [-0.2, 0) is 0 Å². The van der Waals surface area contributed by atoms with E-state index in [4.69, 9.17) is 5.73 Å². The van der Waals surface area contributed by atoms with E-state index < -0.39 is 0 Å². The van der Waals surface area contributed by atoms with E-state index in [9.17, 15) is 0 Å². The van der Waals surface area contributed by atoms with E-state index in [0.29, 0.717) is 0 Å². The summed E-state index contributed by atoms with van der Waals surface area (Å²) in [4.78, 5) is 2.37. The van der Waals surface area contributed by atoms with Crippen molar-refractivity contribution in [1.29, 1.82) is 0 Å². The van der Waals surface area contributed by atoms with E-state index in [0.717, 1.165) is 18.0 Å². The van der Waals surface area contributed by atoms with Crippen LogP contribution in [0.5, 0.6) is 0 Å². The van der Waals surface area contributed by atoms with Crippen LogP contribution in [0.4, 0.5) is 0 Å². The summed E-state index contributed by atoms with van der Waals surface area (Å²) in [5, 5.41) is 0. The fraction of sp³-hybridized carbons (Fsp3) is 0.778. The average Bonchev–Trinajstić information content (AvgIpc) is 1.93. The third-order valence-corrected chi connectivity index (χ3v) is 2.39. The first-order valence-corrected chi connectivity index (χ1v) is 4.30. The molecular weight excluding hydrogens is 136 g/mol. The molecule has 0 unspecified atom stereocenters. The van der Waals surface area contributed by atoms with Crippen molar-refractivity contribution in [2.24, 2.45) is 11.7 Å². The molecule has 0 saturated carbocycles. The van der Waals surface area contributed by atoms with Crippen LogP contribution in [-0.4, -0.2) is 25.0 Å². The van der Waals surface area contributed by atoms with Gasteiger partial charge in [-0.2, -0.15) is 0 Å². The maximum absolute atomic E-state index is 5.55. The van der Waals surface area contributed by atoms with Crippen molar-refractivity contribution < 1.29 is 0 Å². The smallest absolute Gasteiger partial charge is 0.00102 e. The third kappa shape index (κ3) is 2.93. The van der Waals surface area contributed by atoms with Gasteiger partial charge in [0.1, 0.15) is 0 Å². The van der Waals surface area contributed by atoms with Crippen LogP contribution < -0.4 is 5.73 Å². The first-order valence-electron chi connectivity index (χ1n) is 4.30. The molecule has 1 fully saturated rings. The number of likely N-dealkylation sites (tertiary alicyclic amines) is 1. The third-order valence-electron chi connectivity index (χ3n) is 2.39. The molecule has 0 radical (unpaired) electrons. The minimum atomic E-state index is 0.795. The summed E-state index contributed by atoms with van der Waals surface area (Å²) < 4.78 is 0. The lowest BCUT2D eigenvalue weighted by atomic mass is 9.93. The Morgan fingerprint density at radius 3 is 2.55 bits per heavy atom. The van der Waals surface area contributed by atoms with E-state index >= 15 is 0 Å². The molecule has 1 rings (SSSR count). The first kappa shape index (κ1) is 8.60. The molecule has 2 heteroatoms. The second-order valence-corrected chi connectivity index (χ2v) is 3.61. The lowest BCUT2D eigenvalue weighted by molar-refractivity contribution is 0.218. The second kappa shape index (κ2) is 3.77. The zero-order chi connectivity index (χ0) is 8.27. The highest BCUT2D eigenvalue weighted by molar-refractivity contribution is 4.89. The van der Waals surface area contributed by atoms with Crippen molar-refractivity contribution in [3.63, 3.8) is 0 Å². The number of rotatable bonds is 2. The van der Waals surface area contributed by atoms with Gasteiger partial charge in [0.15, 0.2) is 0 Å². The van der Waals surface area contributed by atoms with Gasteiger partial charge in [-0.25, -0.2) is 0 Å². The van der Waals surface area contributed by atoms with E-state index in [1.807, 2.05) is 0 Å². The van der Waals surface area contributed by atoms with Gasteiger partial charge >= 0.3 is 0 Å². The van der Waals surface area contributed by atoms with Gasteiger partial charge in [-0.15, -0.1) is 0 Å². The Hall–Kier alpha value is -0.500. The van der Waals surface area contributed by atoms with Crippen molar-refractivity contribution in [2.75, 3.05) is 20.1 Å². The summed E-state index contributed by atoms with van der Waals surface area (Å²) in [7, 11) is 2.17. The zero-order valence-electron chi connectivity index (χ0n) is 7.34. The Labute approximate surface area is 69.1 Å². The van der Waals surface area contributed by atoms with E-state index in [-0.39, 0.29) is 0 Å². The van der Waals surface area contributed by atoms with Crippen LogP contribution in [0.15, 0.2) is 12.3 Å². The summed E-state index contributed by atoms with van der Waals surface area (Å²) in [6.07, 6.45) is 3.59. The predicted molar refractivity (Wildman–Crippen MR) is 48.2 cm³/mol. The fourth-order valence-corrected chi connectivity index (χ4v) is 1.64. The summed E-state index contributed by atoms with van der Waals surface area (Å²) in [5.41, 5.74) is 6.40. The molecule has 1 aliphatic heterocycles. The van der Waals surface area contributed by atoms with E-state index in [1.54, 1.807) is 0 Å². The Balaban J connectivity index is 2.22. The first-order chi connectivity index (χ1) is 5.18. The quantitative estimate of drug-likeness (QED) is 0.647. The molecule has 0 spiro atoms. The Bertz CT molecular complexity index is 134. The summed E-state index contributed by atoms with van der Waals surface area (Å²) >= 11 is 0. The van der Waals surface area contributed by atoms with Gasteiger partial charge in [0, 0.05) is 5.70 Å². The fourth-order valence-electron chi connectivity index (χ4n) is 1.64. The molecule has 1 aliphatic rings. The molecule has 0 aromatic rings. The monoisotopic (exact) mass is 154 g/mol. The largest absolute Gasteiger partial charge is 0.403 e. The highest BCUT2D eigenvalue weighted by Gasteiger charge is 2.16. The number of piperidine rings is 1. The molecule has 2 nitrogen and oxygen atoms in total. The normalized spacial score (nSPS) is 21.9. The van der Waals surface area contributed by atoms with Crippen molar-refractivity contribution in [3.05, 3.63) is 12.3 Å². The Kier molecular flexibility index (Phi) is 2.94. The van der Waals surface area contributed by atoms with Crippen molar-refractivity contribution >= 4 is 0 Å². The van der Waals surface area contributed by atoms with Gasteiger partial charge in [0.2, 0.25) is 0 Å². The minimum Gasteiger partial charge on any atom is -0.403 e. The van der Waals surface area contributed by atoms with Crippen LogP contribution in [0.1, 0.15) is 19.3 Å². The molecule has 0 amide bonds. The molecule has 0 aromatic carbocycles. The second-order valence-electron chi connectivity index (χ2n) is 3.61. The lowest BCUT2D eigenvalue weighted by Crippen LogP contribution is -2.30. The molecule has 1 heterocycles. The number of hydrogen-bond acceptors (Lipinski definition) is 2. The zero-order valence-corrected chi connectivity index (χ0v) is 7.34. The highest BCUT2D eigenvalue weighted by Crippen LogP contribution is 2.20. The molecule has 11 heavy (non-hydrogen) atoms. The summed E-state index contributed by atoms with van der Waals surface area (Å²) in [6, 6.07) is 0. The topological polar surface area (TPSA) is 29.3 Å². The molecule has 64 valence electrons. The van der Waals surface area contributed by atoms with Gasteiger partial charge in [-0.05, 0) is 45.3 Å². The number of nitrogens with zero attached hydrogens (tertiary/aromatic N) is 1. The Morgan fingerprint density at radius 2 is 2.09 bits per heavy atom. The maximum Gasteiger partial charge on any atom is 0.00102 e. The van der Waals surface area contributed by atoms with Gasteiger partial charge in [0.05, 0.1) is 0 Å². The summed E-state index contributed by atoms with van der Waals surface area (Å²) in [6.45, 7) is 6.17. The number of nitrogens with two attached hydrogens (primary N) is 1. The van der Waals surface area contributed by atoms with Crippen LogP contribution in [0.2, 0.25) is 0 Å². The van der Waals surface area contributed by atoms with E-state index in [1.165, 1.54) is 25.9 Å². The van der Waals surface area contributed by atoms with Crippen LogP contribution in [0.25, 0.3) is 0 Å². The molecule has 0 atom stereocenters. The van der Waals surface area contributed by atoms with Crippen molar-refractivity contribution in [3.8, 4) is 0 Å². The van der Waals surface area contributed by atoms with Gasteiger partial charge in [0.25, 0.3) is 0 Å². The van der Waals surface area contributed by atoms with Crippen LogP contribution in [0.3, 0.4) is 0 Å². The van der Waals surface area contributed by atoms with Crippen LogP contribution in [0, 0.1) is 5.92 Å². The molecule has 1 saturated heterocycles. The van der Waals surface area contributed by atoms with Crippen molar-refractivity contribution in [1.82, 2.24) is 4.90 Å². The van der Waals surface area contributed by atoms with E-state index in [2.05, 4.69) is 18.5 Å². The van der Waals surface area contributed by atoms with Gasteiger partial charge in [-0.3, -0.25) is 0 Å². The number of allylic oxidation sites excluding steroid dienone is 1. The van der Waals surface area contributed by atoms with Gasteiger partial charge in [-0.1, -0.05) is 6.58 Å². The minimum absolute atomic E-state index is 0.795. The maximum atomic E-state index is 5.55. The average molecular weight is 154 g/mol. The Morgan fingerprint density at radius 1 is 1.55 bits per heavy atom. The van der Waals surface area contributed by atoms with Gasteiger partial charge < -0.3 is 10.6 Å². The lowest BCUT2D eigenvalue weighted by Gasteiger charge is -2.28. The SMILES string of the molecule is C=C(N)CC1CCN(C)CC1. The van der Waals surface area contributed by atoms with Crippen LogP contribution >= 0.6 is 0 Å². The standard InChI is InChI=1S/C9H18N2/c1-8(10)7-9-3-5-11(2)6-4-9/h9H,1,3-7,10H2,2H3. The molecular formula is C9H18N2.